The first-order valence-electron chi connectivity index (χ1n) is 5.86. The van der Waals surface area contributed by atoms with Gasteiger partial charge in [-0.25, -0.2) is 0 Å². The summed E-state index contributed by atoms with van der Waals surface area (Å²) in [6, 6.07) is 6.49. The zero-order valence-corrected chi connectivity index (χ0v) is 10.4. The molecular formula is C13H22N2O. The van der Waals surface area contributed by atoms with Crippen LogP contribution in [-0.4, -0.2) is 24.7 Å². The van der Waals surface area contributed by atoms with E-state index in [1.54, 1.807) is 7.11 Å². The van der Waals surface area contributed by atoms with Gasteiger partial charge in [-0.05, 0) is 24.5 Å². The predicted molar refractivity (Wildman–Crippen MR) is 66.2 cm³/mol. The van der Waals surface area contributed by atoms with Gasteiger partial charge in [-0.1, -0.05) is 19.9 Å². The van der Waals surface area contributed by atoms with Crippen LogP contribution in [0.4, 0.5) is 0 Å². The van der Waals surface area contributed by atoms with Gasteiger partial charge < -0.3 is 10.1 Å². The van der Waals surface area contributed by atoms with Crippen molar-refractivity contribution >= 4 is 0 Å². The third kappa shape index (κ3) is 4.73. The highest BCUT2D eigenvalue weighted by Crippen LogP contribution is 2.07. The average molecular weight is 222 g/mol. The van der Waals surface area contributed by atoms with E-state index in [1.165, 1.54) is 0 Å². The summed E-state index contributed by atoms with van der Waals surface area (Å²) in [7, 11) is 1.75. The number of rotatable bonds is 7. The van der Waals surface area contributed by atoms with E-state index in [0.717, 1.165) is 25.3 Å². The summed E-state index contributed by atoms with van der Waals surface area (Å²) in [5.74, 6) is 0.610. The van der Waals surface area contributed by atoms with Crippen molar-refractivity contribution in [2.24, 2.45) is 5.92 Å². The van der Waals surface area contributed by atoms with Crippen molar-refractivity contribution in [2.45, 2.75) is 32.9 Å². The van der Waals surface area contributed by atoms with Crippen LogP contribution in [-0.2, 0) is 11.3 Å². The highest BCUT2D eigenvalue weighted by molar-refractivity contribution is 5.03. The minimum atomic E-state index is 0.488. The standard InChI is InChI=1S/C13H22N2O/c1-11(2)13(7-9-16-3)15-10-12-6-4-5-8-14-12/h4-6,8,11,13,15H,7,9-10H2,1-3H3. The van der Waals surface area contributed by atoms with Gasteiger partial charge >= 0.3 is 0 Å². The minimum Gasteiger partial charge on any atom is -0.385 e. The summed E-state index contributed by atoms with van der Waals surface area (Å²) in [6.45, 7) is 6.09. The third-order valence-corrected chi connectivity index (χ3v) is 2.71. The van der Waals surface area contributed by atoms with Crippen molar-refractivity contribution in [3.8, 4) is 0 Å². The monoisotopic (exact) mass is 222 g/mol. The Morgan fingerprint density at radius 3 is 2.75 bits per heavy atom. The Morgan fingerprint density at radius 1 is 1.38 bits per heavy atom. The fraction of sp³-hybridized carbons (Fsp3) is 0.615. The summed E-state index contributed by atoms with van der Waals surface area (Å²) in [5.41, 5.74) is 1.09. The Kier molecular flexibility index (Phi) is 6.04. The van der Waals surface area contributed by atoms with Gasteiger partial charge in [0.15, 0.2) is 0 Å². The van der Waals surface area contributed by atoms with Crippen molar-refractivity contribution in [2.75, 3.05) is 13.7 Å². The lowest BCUT2D eigenvalue weighted by Gasteiger charge is -2.21. The maximum absolute atomic E-state index is 5.12. The van der Waals surface area contributed by atoms with E-state index in [9.17, 15) is 0 Å². The second kappa shape index (κ2) is 7.36. The summed E-state index contributed by atoms with van der Waals surface area (Å²) < 4.78 is 5.12. The normalized spacial score (nSPS) is 13.0. The van der Waals surface area contributed by atoms with Gasteiger partial charge in [0.25, 0.3) is 0 Å². The van der Waals surface area contributed by atoms with E-state index in [2.05, 4.69) is 24.1 Å². The first-order chi connectivity index (χ1) is 7.74. The Balaban J connectivity index is 2.38. The van der Waals surface area contributed by atoms with Crippen molar-refractivity contribution in [3.05, 3.63) is 30.1 Å². The fourth-order valence-electron chi connectivity index (χ4n) is 1.65. The van der Waals surface area contributed by atoms with Crippen LogP contribution in [0, 0.1) is 5.92 Å². The van der Waals surface area contributed by atoms with Gasteiger partial charge in [0, 0.05) is 32.5 Å². The van der Waals surface area contributed by atoms with Crippen molar-refractivity contribution in [1.82, 2.24) is 10.3 Å². The zero-order chi connectivity index (χ0) is 11.8. The smallest absolute Gasteiger partial charge is 0.0541 e. The molecule has 0 aliphatic carbocycles. The first-order valence-corrected chi connectivity index (χ1v) is 5.86. The van der Waals surface area contributed by atoms with E-state index in [4.69, 9.17) is 4.74 Å². The lowest BCUT2D eigenvalue weighted by molar-refractivity contribution is 0.173. The topological polar surface area (TPSA) is 34.1 Å². The first kappa shape index (κ1) is 13.1. The number of pyridine rings is 1. The van der Waals surface area contributed by atoms with Crippen LogP contribution in [0.3, 0.4) is 0 Å². The molecule has 0 amide bonds. The molecule has 1 heterocycles. The Labute approximate surface area is 98.2 Å². The molecule has 0 aliphatic rings. The molecule has 1 N–H and O–H groups in total. The number of aromatic nitrogens is 1. The molecule has 0 bridgehead atoms. The average Bonchev–Trinajstić information content (AvgIpc) is 2.30. The highest BCUT2D eigenvalue weighted by atomic mass is 16.5. The summed E-state index contributed by atoms with van der Waals surface area (Å²) in [5, 5.41) is 3.53. The molecule has 0 saturated carbocycles. The molecule has 90 valence electrons. The van der Waals surface area contributed by atoms with Gasteiger partial charge in [0.05, 0.1) is 5.69 Å². The largest absolute Gasteiger partial charge is 0.385 e. The maximum Gasteiger partial charge on any atom is 0.0541 e. The molecule has 1 aromatic rings. The molecule has 1 atom stereocenters. The quantitative estimate of drug-likeness (QED) is 0.768. The second-order valence-electron chi connectivity index (χ2n) is 4.33. The Morgan fingerprint density at radius 2 is 2.19 bits per heavy atom. The number of nitrogens with one attached hydrogen (secondary N) is 1. The summed E-state index contributed by atoms with van der Waals surface area (Å²) in [4.78, 5) is 4.30. The van der Waals surface area contributed by atoms with Gasteiger partial charge in [0.2, 0.25) is 0 Å². The lowest BCUT2D eigenvalue weighted by atomic mass is 10.0. The molecule has 3 heteroatoms. The summed E-state index contributed by atoms with van der Waals surface area (Å²) >= 11 is 0. The van der Waals surface area contributed by atoms with E-state index < -0.39 is 0 Å². The van der Waals surface area contributed by atoms with Crippen LogP contribution in [0.5, 0.6) is 0 Å². The minimum absolute atomic E-state index is 0.488. The number of methoxy groups -OCH3 is 1. The molecule has 1 rings (SSSR count). The third-order valence-electron chi connectivity index (χ3n) is 2.71. The molecule has 1 unspecified atom stereocenters. The molecule has 16 heavy (non-hydrogen) atoms. The van der Waals surface area contributed by atoms with Crippen LogP contribution in [0.2, 0.25) is 0 Å². The van der Waals surface area contributed by atoms with Gasteiger partial charge in [-0.2, -0.15) is 0 Å². The highest BCUT2D eigenvalue weighted by Gasteiger charge is 2.12. The molecule has 0 aromatic carbocycles. The van der Waals surface area contributed by atoms with Crippen LogP contribution < -0.4 is 5.32 Å². The Bertz CT molecular complexity index is 275. The number of ether oxygens (including phenoxy) is 1. The molecule has 0 fully saturated rings. The molecule has 0 radical (unpaired) electrons. The van der Waals surface area contributed by atoms with E-state index in [0.29, 0.717) is 12.0 Å². The SMILES string of the molecule is COCCC(NCc1ccccn1)C(C)C. The van der Waals surface area contributed by atoms with Crippen molar-refractivity contribution < 1.29 is 4.74 Å². The maximum atomic E-state index is 5.12. The van der Waals surface area contributed by atoms with Gasteiger partial charge in [-0.3, -0.25) is 4.98 Å². The zero-order valence-electron chi connectivity index (χ0n) is 10.4. The molecule has 0 aliphatic heterocycles. The van der Waals surface area contributed by atoms with Crippen LogP contribution >= 0.6 is 0 Å². The second-order valence-corrected chi connectivity index (χ2v) is 4.33. The predicted octanol–water partition coefficient (Wildman–Crippen LogP) is 2.23. The van der Waals surface area contributed by atoms with Crippen molar-refractivity contribution in [1.29, 1.82) is 0 Å². The Hall–Kier alpha value is -0.930. The molecular weight excluding hydrogens is 200 g/mol. The van der Waals surface area contributed by atoms with Crippen LogP contribution in [0.1, 0.15) is 26.0 Å². The summed E-state index contributed by atoms with van der Waals surface area (Å²) in [6.07, 6.45) is 2.87. The van der Waals surface area contributed by atoms with E-state index in [-0.39, 0.29) is 0 Å². The van der Waals surface area contributed by atoms with Crippen molar-refractivity contribution in [3.63, 3.8) is 0 Å². The fourth-order valence-corrected chi connectivity index (χ4v) is 1.65. The molecule has 0 spiro atoms. The number of hydrogen-bond acceptors (Lipinski definition) is 3. The molecule has 1 aromatic heterocycles. The molecule has 3 nitrogen and oxygen atoms in total. The number of nitrogens with zero attached hydrogens (tertiary/aromatic N) is 1. The molecule has 0 saturated heterocycles. The number of hydrogen-bond donors (Lipinski definition) is 1. The van der Waals surface area contributed by atoms with E-state index in [1.807, 2.05) is 24.4 Å². The van der Waals surface area contributed by atoms with Gasteiger partial charge in [-0.15, -0.1) is 0 Å². The van der Waals surface area contributed by atoms with Gasteiger partial charge in [0.1, 0.15) is 0 Å². The van der Waals surface area contributed by atoms with Crippen LogP contribution in [0.25, 0.3) is 0 Å². The van der Waals surface area contributed by atoms with Crippen LogP contribution in [0.15, 0.2) is 24.4 Å². The lowest BCUT2D eigenvalue weighted by Crippen LogP contribution is -2.34. The van der Waals surface area contributed by atoms with E-state index >= 15 is 0 Å².